The van der Waals surface area contributed by atoms with E-state index in [-0.39, 0.29) is 17.9 Å². The Balaban J connectivity index is 3.18. The molecule has 1 aromatic rings. The molecule has 0 aliphatic rings. The molecular weight excluding hydrogens is 214 g/mol. The van der Waals surface area contributed by atoms with E-state index in [1.54, 1.807) is 6.92 Å². The summed E-state index contributed by atoms with van der Waals surface area (Å²) in [4.78, 5) is 23.9. The van der Waals surface area contributed by atoms with Crippen LogP contribution in [0.2, 0.25) is 0 Å². The SMILES string of the molecule is CCOC(=O)c1ccc([N+]#N)c([N+](=O)[O-])c1. The second kappa shape index (κ2) is 4.84. The van der Waals surface area contributed by atoms with E-state index in [9.17, 15) is 14.9 Å². The van der Waals surface area contributed by atoms with Gasteiger partial charge in [0.15, 0.2) is 4.98 Å². The second-order valence-corrected chi connectivity index (χ2v) is 2.78. The molecule has 0 amide bonds. The highest BCUT2D eigenvalue weighted by atomic mass is 16.6. The number of benzene rings is 1. The Labute approximate surface area is 90.4 Å². The van der Waals surface area contributed by atoms with Crippen LogP contribution in [0.4, 0.5) is 11.4 Å². The molecule has 0 atom stereocenters. The third kappa shape index (κ3) is 2.30. The van der Waals surface area contributed by atoms with Crippen molar-refractivity contribution in [2.75, 3.05) is 6.61 Å². The fourth-order valence-electron chi connectivity index (χ4n) is 1.10. The first-order valence-electron chi connectivity index (χ1n) is 4.40. The Morgan fingerprint density at radius 1 is 1.62 bits per heavy atom. The number of carbonyl (C=O) groups excluding carboxylic acids is 1. The predicted molar refractivity (Wildman–Crippen MR) is 53.8 cm³/mol. The molecule has 1 aromatic carbocycles. The van der Waals surface area contributed by atoms with Gasteiger partial charge in [0, 0.05) is 12.1 Å². The minimum atomic E-state index is -0.738. The molecule has 0 spiro atoms. The first-order valence-corrected chi connectivity index (χ1v) is 4.40. The molecule has 0 bridgehead atoms. The lowest BCUT2D eigenvalue weighted by molar-refractivity contribution is -0.383. The van der Waals surface area contributed by atoms with Crippen LogP contribution in [0.1, 0.15) is 17.3 Å². The molecule has 0 aromatic heterocycles. The number of hydrogen-bond acceptors (Lipinski definition) is 5. The summed E-state index contributed by atoms with van der Waals surface area (Å²) >= 11 is 0. The van der Waals surface area contributed by atoms with Crippen LogP contribution in [-0.2, 0) is 4.74 Å². The Morgan fingerprint density at radius 3 is 2.81 bits per heavy atom. The molecule has 0 aliphatic carbocycles. The van der Waals surface area contributed by atoms with Crippen LogP contribution < -0.4 is 0 Å². The molecular formula is C9H8N3O4+. The number of carbonyl (C=O) groups is 1. The van der Waals surface area contributed by atoms with Gasteiger partial charge in [0.05, 0.1) is 17.1 Å². The van der Waals surface area contributed by atoms with Gasteiger partial charge in [0.25, 0.3) is 0 Å². The average molecular weight is 222 g/mol. The van der Waals surface area contributed by atoms with Crippen molar-refractivity contribution in [3.63, 3.8) is 0 Å². The lowest BCUT2D eigenvalue weighted by atomic mass is 10.2. The highest BCUT2D eigenvalue weighted by molar-refractivity contribution is 5.91. The van der Waals surface area contributed by atoms with Gasteiger partial charge in [-0.3, -0.25) is 10.1 Å². The first-order chi connectivity index (χ1) is 7.60. The molecule has 0 N–H and O–H groups in total. The number of hydrogen-bond donors (Lipinski definition) is 0. The minimum absolute atomic E-state index is 0.0425. The van der Waals surface area contributed by atoms with Crippen molar-refractivity contribution in [2.45, 2.75) is 6.92 Å². The van der Waals surface area contributed by atoms with E-state index in [2.05, 4.69) is 9.71 Å². The molecule has 0 saturated heterocycles. The molecule has 82 valence electrons. The lowest BCUT2D eigenvalue weighted by Crippen LogP contribution is -2.04. The molecule has 0 radical (unpaired) electrons. The van der Waals surface area contributed by atoms with Crippen molar-refractivity contribution in [1.29, 1.82) is 5.39 Å². The highest BCUT2D eigenvalue weighted by Gasteiger charge is 2.26. The smallest absolute Gasteiger partial charge is 0.461 e. The van der Waals surface area contributed by atoms with Gasteiger partial charge in [-0.1, -0.05) is 0 Å². The Morgan fingerprint density at radius 2 is 2.31 bits per heavy atom. The maximum atomic E-state index is 11.3. The third-order valence-electron chi connectivity index (χ3n) is 1.79. The molecule has 0 saturated carbocycles. The van der Waals surface area contributed by atoms with Gasteiger partial charge in [-0.05, 0) is 13.0 Å². The van der Waals surface area contributed by atoms with Crippen molar-refractivity contribution in [3.05, 3.63) is 38.9 Å². The number of ether oxygens (including phenoxy) is 1. The minimum Gasteiger partial charge on any atom is -0.462 e. The summed E-state index contributed by atoms with van der Waals surface area (Å²) in [5, 5.41) is 19.1. The summed E-state index contributed by atoms with van der Waals surface area (Å²) in [5.74, 6) is -0.657. The molecule has 0 heterocycles. The fourth-order valence-corrected chi connectivity index (χ4v) is 1.10. The number of nitrogens with zero attached hydrogens (tertiary/aromatic N) is 3. The number of diazo groups is 1. The zero-order chi connectivity index (χ0) is 12.1. The van der Waals surface area contributed by atoms with E-state index in [1.165, 1.54) is 12.1 Å². The summed E-state index contributed by atoms with van der Waals surface area (Å²) in [6, 6.07) is 3.47. The van der Waals surface area contributed by atoms with Crippen molar-refractivity contribution in [1.82, 2.24) is 0 Å². The van der Waals surface area contributed by atoms with Crippen LogP contribution >= 0.6 is 0 Å². The quantitative estimate of drug-likeness (QED) is 0.338. The maximum absolute atomic E-state index is 11.3. The van der Waals surface area contributed by atoms with Crippen molar-refractivity contribution in [2.24, 2.45) is 0 Å². The fraction of sp³-hybridized carbons (Fsp3) is 0.222. The normalized spacial score (nSPS) is 9.25. The van der Waals surface area contributed by atoms with E-state index < -0.39 is 16.6 Å². The van der Waals surface area contributed by atoms with Gasteiger partial charge in [-0.2, -0.15) is 0 Å². The molecule has 0 unspecified atom stereocenters. The molecule has 7 nitrogen and oxygen atoms in total. The summed E-state index contributed by atoms with van der Waals surface area (Å²) in [5.41, 5.74) is -0.618. The molecule has 16 heavy (non-hydrogen) atoms. The molecule has 0 fully saturated rings. The number of nitro benzene ring substituents is 1. The van der Waals surface area contributed by atoms with Crippen LogP contribution in [0, 0.1) is 15.5 Å². The summed E-state index contributed by atoms with van der Waals surface area (Å²) in [7, 11) is 0. The van der Waals surface area contributed by atoms with E-state index in [0.29, 0.717) is 0 Å². The van der Waals surface area contributed by atoms with Gasteiger partial charge >= 0.3 is 17.3 Å². The topological polar surface area (TPSA) is 97.6 Å². The largest absolute Gasteiger partial charge is 0.462 e. The molecule has 7 heteroatoms. The van der Waals surface area contributed by atoms with E-state index in [4.69, 9.17) is 5.39 Å². The van der Waals surface area contributed by atoms with E-state index >= 15 is 0 Å². The zero-order valence-corrected chi connectivity index (χ0v) is 8.41. The van der Waals surface area contributed by atoms with Crippen LogP contribution in [0.5, 0.6) is 0 Å². The maximum Gasteiger partial charge on any atom is 0.461 e. The standard InChI is InChI=1S/C9H8N3O4/c1-2-16-9(13)6-3-4-7(11-10)8(5-6)12(14)15/h3-5H,2H2,1H3/q+1. The van der Waals surface area contributed by atoms with Crippen LogP contribution in [0.15, 0.2) is 18.2 Å². The monoisotopic (exact) mass is 222 g/mol. The van der Waals surface area contributed by atoms with Crippen molar-refractivity contribution in [3.8, 4) is 0 Å². The van der Waals surface area contributed by atoms with Crippen LogP contribution in [0.3, 0.4) is 0 Å². The average Bonchev–Trinajstić information content (AvgIpc) is 2.28. The summed E-state index contributed by atoms with van der Waals surface area (Å²) in [6.45, 7) is 1.81. The van der Waals surface area contributed by atoms with E-state index in [1.807, 2.05) is 0 Å². The zero-order valence-electron chi connectivity index (χ0n) is 8.41. The van der Waals surface area contributed by atoms with Crippen molar-refractivity contribution < 1.29 is 14.5 Å². The third-order valence-corrected chi connectivity index (χ3v) is 1.79. The van der Waals surface area contributed by atoms with Crippen molar-refractivity contribution >= 4 is 17.3 Å². The summed E-state index contributed by atoms with van der Waals surface area (Å²) in [6.07, 6.45) is 0. The number of esters is 1. The Bertz CT molecular complexity index is 478. The van der Waals surface area contributed by atoms with Gasteiger partial charge in [-0.25, -0.2) is 4.79 Å². The highest BCUT2D eigenvalue weighted by Crippen LogP contribution is 2.28. The van der Waals surface area contributed by atoms with Gasteiger partial charge in [0.1, 0.15) is 0 Å². The Hall–Kier alpha value is -2.49. The van der Waals surface area contributed by atoms with Gasteiger partial charge < -0.3 is 4.74 Å². The number of rotatable bonds is 3. The van der Waals surface area contributed by atoms with Crippen LogP contribution in [0.25, 0.3) is 4.98 Å². The number of nitro groups is 1. The first kappa shape index (κ1) is 11.6. The molecule has 0 aliphatic heterocycles. The second-order valence-electron chi connectivity index (χ2n) is 2.78. The predicted octanol–water partition coefficient (Wildman–Crippen LogP) is 2.26. The molecule has 1 rings (SSSR count). The summed E-state index contributed by atoms with van der Waals surface area (Å²) < 4.78 is 4.68. The van der Waals surface area contributed by atoms with Crippen LogP contribution in [-0.4, -0.2) is 17.5 Å². The Kier molecular flexibility index (Phi) is 3.50. The van der Waals surface area contributed by atoms with E-state index in [0.717, 1.165) is 6.07 Å². The lowest BCUT2D eigenvalue weighted by Gasteiger charge is -1.99. The van der Waals surface area contributed by atoms with Gasteiger partial charge in [0.2, 0.25) is 5.39 Å². The van der Waals surface area contributed by atoms with Gasteiger partial charge in [-0.15, -0.1) is 0 Å².